The molecule has 1 aromatic rings. The third-order valence-electron chi connectivity index (χ3n) is 2.52. The lowest BCUT2D eigenvalue weighted by Gasteiger charge is -2.23. The van der Waals surface area contributed by atoms with Crippen LogP contribution in [0.15, 0.2) is 24.3 Å². The highest BCUT2D eigenvalue weighted by Crippen LogP contribution is 2.24. The number of nitrogens with two attached hydrogens (primary N) is 1. The van der Waals surface area contributed by atoms with Crippen LogP contribution in [0.1, 0.15) is 12.5 Å². The Hall–Kier alpha value is -1.71. The minimum Gasteiger partial charge on any atom is -0.399 e. The second-order valence-electron chi connectivity index (χ2n) is 3.77. The number of carbonyl (C=O) groups excluding carboxylic acids is 1. The summed E-state index contributed by atoms with van der Waals surface area (Å²) in [6.45, 7) is 2.56. The fourth-order valence-electron chi connectivity index (χ4n) is 1.65. The largest absolute Gasteiger partial charge is 0.399 e. The quantitative estimate of drug-likeness (QED) is 0.575. The van der Waals surface area contributed by atoms with Crippen LogP contribution in [0.2, 0.25) is 0 Å². The average molecular weight is 191 g/mol. The van der Waals surface area contributed by atoms with E-state index in [2.05, 4.69) is 10.6 Å². The van der Waals surface area contributed by atoms with Gasteiger partial charge in [-0.2, -0.15) is 0 Å². The van der Waals surface area contributed by atoms with Crippen molar-refractivity contribution < 1.29 is 4.79 Å². The van der Waals surface area contributed by atoms with Crippen molar-refractivity contribution in [2.45, 2.75) is 12.5 Å². The minimum atomic E-state index is -0.341. The van der Waals surface area contributed by atoms with Crippen molar-refractivity contribution in [3.63, 3.8) is 0 Å². The van der Waals surface area contributed by atoms with Crippen LogP contribution in [0.25, 0.3) is 0 Å². The van der Waals surface area contributed by atoms with Crippen LogP contribution in [0.4, 0.5) is 10.5 Å². The fraction of sp³-hybridized carbons (Fsp3) is 0.300. The summed E-state index contributed by atoms with van der Waals surface area (Å²) in [5.41, 5.74) is 7.08. The molecule has 0 aliphatic carbocycles. The molecule has 1 aliphatic heterocycles. The molecule has 4 nitrogen and oxygen atoms in total. The summed E-state index contributed by atoms with van der Waals surface area (Å²) >= 11 is 0. The van der Waals surface area contributed by atoms with Crippen molar-refractivity contribution in [1.29, 1.82) is 0 Å². The van der Waals surface area contributed by atoms with Gasteiger partial charge in [-0.05, 0) is 24.6 Å². The van der Waals surface area contributed by atoms with E-state index in [0.29, 0.717) is 12.2 Å². The monoisotopic (exact) mass is 191 g/mol. The first kappa shape index (κ1) is 8.87. The lowest BCUT2D eigenvalue weighted by molar-refractivity contribution is 0.245. The van der Waals surface area contributed by atoms with E-state index in [-0.39, 0.29) is 11.6 Å². The Morgan fingerprint density at radius 2 is 2.29 bits per heavy atom. The van der Waals surface area contributed by atoms with Gasteiger partial charge >= 0.3 is 6.03 Å². The van der Waals surface area contributed by atoms with Crippen molar-refractivity contribution in [3.05, 3.63) is 29.8 Å². The number of hydrogen-bond acceptors (Lipinski definition) is 2. The lowest BCUT2D eigenvalue weighted by atomic mass is 9.93. The molecule has 1 aromatic carbocycles. The van der Waals surface area contributed by atoms with Crippen LogP contribution in [0.3, 0.4) is 0 Å². The second-order valence-corrected chi connectivity index (χ2v) is 3.77. The van der Waals surface area contributed by atoms with Gasteiger partial charge in [-0.3, -0.25) is 0 Å². The van der Waals surface area contributed by atoms with Crippen molar-refractivity contribution >= 4 is 11.7 Å². The zero-order chi connectivity index (χ0) is 10.2. The van der Waals surface area contributed by atoms with Crippen molar-refractivity contribution in [2.75, 3.05) is 12.3 Å². The summed E-state index contributed by atoms with van der Waals surface area (Å²) in [6, 6.07) is 7.43. The Morgan fingerprint density at radius 1 is 1.50 bits per heavy atom. The molecular formula is C10H13N3O. The maximum absolute atomic E-state index is 11.1. The average Bonchev–Trinajstić information content (AvgIpc) is 2.48. The number of nitrogen functional groups attached to an aromatic ring is 1. The molecule has 2 amide bonds. The highest BCUT2D eigenvalue weighted by Gasteiger charge is 2.34. The van der Waals surface area contributed by atoms with Crippen LogP contribution >= 0.6 is 0 Å². The Balaban J connectivity index is 2.34. The standard InChI is InChI=1S/C10H13N3O/c1-10(6-12-9(14)13-10)7-3-2-4-8(11)5-7/h2-5H,6,11H2,1H3,(H2,12,13,14). The van der Waals surface area contributed by atoms with E-state index >= 15 is 0 Å². The number of anilines is 1. The molecule has 74 valence electrons. The van der Waals surface area contributed by atoms with Gasteiger partial charge in [0.15, 0.2) is 0 Å². The molecular weight excluding hydrogens is 178 g/mol. The molecule has 0 aromatic heterocycles. The topological polar surface area (TPSA) is 67.1 Å². The van der Waals surface area contributed by atoms with E-state index in [1.54, 1.807) is 0 Å². The van der Waals surface area contributed by atoms with E-state index in [4.69, 9.17) is 5.73 Å². The number of rotatable bonds is 1. The van der Waals surface area contributed by atoms with Gasteiger partial charge in [0.1, 0.15) is 0 Å². The van der Waals surface area contributed by atoms with Crippen LogP contribution in [-0.2, 0) is 5.54 Å². The van der Waals surface area contributed by atoms with Crippen molar-refractivity contribution in [3.8, 4) is 0 Å². The van der Waals surface area contributed by atoms with Gasteiger partial charge in [-0.25, -0.2) is 4.79 Å². The molecule has 0 spiro atoms. The van der Waals surface area contributed by atoms with E-state index in [9.17, 15) is 4.79 Å². The first-order chi connectivity index (χ1) is 6.60. The highest BCUT2D eigenvalue weighted by atomic mass is 16.2. The number of benzene rings is 1. The van der Waals surface area contributed by atoms with Crippen LogP contribution in [0, 0.1) is 0 Å². The molecule has 1 heterocycles. The zero-order valence-corrected chi connectivity index (χ0v) is 8.00. The maximum Gasteiger partial charge on any atom is 0.315 e. The highest BCUT2D eigenvalue weighted by molar-refractivity contribution is 5.78. The molecule has 4 heteroatoms. The third kappa shape index (κ3) is 1.39. The van der Waals surface area contributed by atoms with Gasteiger partial charge in [-0.1, -0.05) is 12.1 Å². The number of nitrogens with one attached hydrogen (secondary N) is 2. The first-order valence-electron chi connectivity index (χ1n) is 4.52. The number of hydrogen-bond donors (Lipinski definition) is 3. The van der Waals surface area contributed by atoms with E-state index in [1.165, 1.54) is 0 Å². The predicted molar refractivity (Wildman–Crippen MR) is 54.7 cm³/mol. The van der Waals surface area contributed by atoms with Crippen LogP contribution < -0.4 is 16.4 Å². The summed E-state index contributed by atoms with van der Waals surface area (Å²) in [7, 11) is 0. The molecule has 1 unspecified atom stereocenters. The summed E-state index contributed by atoms with van der Waals surface area (Å²) in [4.78, 5) is 11.1. The van der Waals surface area contributed by atoms with Crippen molar-refractivity contribution in [1.82, 2.24) is 10.6 Å². The Kier molecular flexibility index (Phi) is 1.84. The summed E-state index contributed by atoms with van der Waals surface area (Å²) in [5, 5.41) is 5.61. The minimum absolute atomic E-state index is 0.130. The van der Waals surface area contributed by atoms with E-state index in [0.717, 1.165) is 5.56 Å². The number of urea groups is 1. The van der Waals surface area contributed by atoms with Gasteiger partial charge in [-0.15, -0.1) is 0 Å². The SMILES string of the molecule is CC1(c2cccc(N)c2)CNC(=O)N1. The normalized spacial score (nSPS) is 25.6. The van der Waals surface area contributed by atoms with Gasteiger partial charge in [0.25, 0.3) is 0 Å². The molecule has 4 N–H and O–H groups in total. The first-order valence-corrected chi connectivity index (χ1v) is 4.52. The van der Waals surface area contributed by atoms with Gasteiger partial charge in [0.2, 0.25) is 0 Å². The van der Waals surface area contributed by atoms with Gasteiger partial charge in [0, 0.05) is 12.2 Å². The second kappa shape index (κ2) is 2.90. The van der Waals surface area contributed by atoms with Crippen LogP contribution in [-0.4, -0.2) is 12.6 Å². The number of amides is 2. The fourth-order valence-corrected chi connectivity index (χ4v) is 1.65. The summed E-state index contributed by atoms with van der Waals surface area (Å²) in [6.07, 6.45) is 0. The number of carbonyl (C=O) groups is 1. The lowest BCUT2D eigenvalue weighted by Crippen LogP contribution is -2.37. The molecule has 0 radical (unpaired) electrons. The van der Waals surface area contributed by atoms with Gasteiger partial charge in [0.05, 0.1) is 5.54 Å². The smallest absolute Gasteiger partial charge is 0.315 e. The summed E-state index contributed by atoms with van der Waals surface area (Å²) in [5.74, 6) is 0. The molecule has 14 heavy (non-hydrogen) atoms. The van der Waals surface area contributed by atoms with E-state index in [1.807, 2.05) is 31.2 Å². The Bertz CT molecular complexity index is 377. The summed E-state index contributed by atoms with van der Waals surface area (Å²) < 4.78 is 0. The molecule has 1 saturated heterocycles. The maximum atomic E-state index is 11.1. The Labute approximate surface area is 82.5 Å². The Morgan fingerprint density at radius 3 is 2.86 bits per heavy atom. The molecule has 1 aliphatic rings. The molecule has 1 atom stereocenters. The van der Waals surface area contributed by atoms with Crippen LogP contribution in [0.5, 0.6) is 0 Å². The molecule has 0 bridgehead atoms. The third-order valence-corrected chi connectivity index (χ3v) is 2.52. The van der Waals surface area contributed by atoms with Gasteiger partial charge < -0.3 is 16.4 Å². The molecule has 0 saturated carbocycles. The molecule has 2 rings (SSSR count). The van der Waals surface area contributed by atoms with E-state index < -0.39 is 0 Å². The zero-order valence-electron chi connectivity index (χ0n) is 8.00. The van der Waals surface area contributed by atoms with Crippen molar-refractivity contribution in [2.24, 2.45) is 0 Å². The predicted octanol–water partition coefficient (Wildman–Crippen LogP) is 0.797. The molecule has 1 fully saturated rings.